The van der Waals surface area contributed by atoms with Gasteiger partial charge in [-0.05, 0) is 51.4 Å². The number of allylic oxidation sites excluding steroid dienone is 5. The summed E-state index contributed by atoms with van der Waals surface area (Å²) in [5.41, 5.74) is 9.43. The van der Waals surface area contributed by atoms with Crippen LogP contribution in [0.25, 0.3) is 0 Å². The largest absolute Gasteiger partial charge is 0.402 e. The molecule has 0 bridgehead atoms. The van der Waals surface area contributed by atoms with E-state index in [9.17, 15) is 0 Å². The molecular formula is C14H26N2. The van der Waals surface area contributed by atoms with E-state index in [0.717, 1.165) is 18.7 Å². The van der Waals surface area contributed by atoms with Crippen molar-refractivity contribution in [2.45, 2.75) is 34.1 Å². The third-order valence-corrected chi connectivity index (χ3v) is 2.42. The van der Waals surface area contributed by atoms with Gasteiger partial charge in [-0.15, -0.1) is 0 Å². The summed E-state index contributed by atoms with van der Waals surface area (Å²) in [6.45, 7) is 9.46. The molecule has 0 aliphatic rings. The maximum Gasteiger partial charge on any atom is 0.0112 e. The first kappa shape index (κ1) is 15.0. The molecule has 0 aromatic carbocycles. The molecular weight excluding hydrogens is 196 g/mol. The molecule has 3 N–H and O–H groups in total. The van der Waals surface area contributed by atoms with Crippen molar-refractivity contribution in [3.05, 3.63) is 35.1 Å². The van der Waals surface area contributed by atoms with Crippen molar-refractivity contribution in [1.82, 2.24) is 5.32 Å². The van der Waals surface area contributed by atoms with E-state index < -0.39 is 0 Å². The Morgan fingerprint density at radius 1 is 1.31 bits per heavy atom. The molecule has 0 unspecified atom stereocenters. The standard InChI is InChI=1S/C14H26N2/c1-11(2)13(8-6-7-9-16-5)10-14(15)12(3)4/h6,8,10,12,16H,7,9,15H2,1-5H3/b8-6-,14-10-. The van der Waals surface area contributed by atoms with E-state index in [1.807, 2.05) is 7.05 Å². The average molecular weight is 222 g/mol. The maximum absolute atomic E-state index is 5.97. The highest BCUT2D eigenvalue weighted by atomic mass is 14.8. The monoisotopic (exact) mass is 222 g/mol. The molecule has 0 amide bonds. The molecule has 0 rings (SSSR count). The van der Waals surface area contributed by atoms with E-state index in [4.69, 9.17) is 5.73 Å². The minimum atomic E-state index is 0.403. The Bertz CT molecular complexity index is 279. The summed E-state index contributed by atoms with van der Waals surface area (Å²) in [5, 5.41) is 3.12. The Balaban J connectivity index is 4.61. The fourth-order valence-corrected chi connectivity index (χ4v) is 1.14. The molecule has 0 aliphatic carbocycles. The van der Waals surface area contributed by atoms with Crippen LogP contribution < -0.4 is 11.1 Å². The number of rotatable bonds is 6. The highest BCUT2D eigenvalue weighted by molar-refractivity contribution is 5.36. The zero-order chi connectivity index (χ0) is 12.6. The molecule has 0 radical (unpaired) electrons. The fraction of sp³-hybridized carbons (Fsp3) is 0.571. The van der Waals surface area contributed by atoms with Crippen LogP contribution >= 0.6 is 0 Å². The number of hydrogen-bond acceptors (Lipinski definition) is 2. The first-order valence-electron chi connectivity index (χ1n) is 5.94. The SMILES string of the molecule is CNCC/C=C\C(/C=C(\N)C(C)C)=C(C)C. The molecule has 16 heavy (non-hydrogen) atoms. The van der Waals surface area contributed by atoms with Crippen molar-refractivity contribution < 1.29 is 0 Å². The lowest BCUT2D eigenvalue weighted by atomic mass is 10.0. The van der Waals surface area contributed by atoms with Gasteiger partial charge in [0.05, 0.1) is 0 Å². The second-order valence-electron chi connectivity index (χ2n) is 4.55. The lowest BCUT2D eigenvalue weighted by molar-refractivity contribution is 0.756. The van der Waals surface area contributed by atoms with E-state index in [0.29, 0.717) is 5.92 Å². The summed E-state index contributed by atoms with van der Waals surface area (Å²) in [5.74, 6) is 0.403. The molecule has 0 spiro atoms. The van der Waals surface area contributed by atoms with Crippen LogP contribution in [0, 0.1) is 5.92 Å². The molecule has 0 aromatic rings. The van der Waals surface area contributed by atoms with Crippen molar-refractivity contribution in [2.24, 2.45) is 11.7 Å². The fourth-order valence-electron chi connectivity index (χ4n) is 1.14. The Morgan fingerprint density at radius 3 is 2.38 bits per heavy atom. The predicted molar refractivity (Wildman–Crippen MR) is 73.2 cm³/mol. The quantitative estimate of drug-likeness (QED) is 0.535. The van der Waals surface area contributed by atoms with Crippen molar-refractivity contribution in [3.63, 3.8) is 0 Å². The van der Waals surface area contributed by atoms with Crippen molar-refractivity contribution >= 4 is 0 Å². The van der Waals surface area contributed by atoms with Gasteiger partial charge in [-0.3, -0.25) is 0 Å². The smallest absolute Gasteiger partial charge is 0.0112 e. The molecule has 0 saturated carbocycles. The van der Waals surface area contributed by atoms with Crippen LogP contribution in [0.15, 0.2) is 35.1 Å². The first-order chi connectivity index (χ1) is 7.49. The Morgan fingerprint density at radius 2 is 1.94 bits per heavy atom. The Kier molecular flexibility index (Phi) is 7.65. The number of nitrogens with one attached hydrogen (secondary N) is 1. The second kappa shape index (κ2) is 8.17. The minimum Gasteiger partial charge on any atom is -0.402 e. The van der Waals surface area contributed by atoms with E-state index in [2.05, 4.69) is 51.2 Å². The van der Waals surface area contributed by atoms with Gasteiger partial charge in [0.15, 0.2) is 0 Å². The predicted octanol–water partition coefficient (Wildman–Crippen LogP) is 2.99. The lowest BCUT2D eigenvalue weighted by Gasteiger charge is -2.06. The summed E-state index contributed by atoms with van der Waals surface area (Å²) in [6.07, 6.45) is 7.46. The summed E-state index contributed by atoms with van der Waals surface area (Å²) in [7, 11) is 1.96. The summed E-state index contributed by atoms with van der Waals surface area (Å²) in [6, 6.07) is 0. The van der Waals surface area contributed by atoms with Crippen LogP contribution in [0.1, 0.15) is 34.1 Å². The highest BCUT2D eigenvalue weighted by Gasteiger charge is 1.98. The van der Waals surface area contributed by atoms with Gasteiger partial charge in [0, 0.05) is 5.70 Å². The Hall–Kier alpha value is -1.02. The summed E-state index contributed by atoms with van der Waals surface area (Å²) in [4.78, 5) is 0. The van der Waals surface area contributed by atoms with Crippen molar-refractivity contribution in [3.8, 4) is 0 Å². The molecule has 0 aliphatic heterocycles. The third kappa shape index (κ3) is 6.46. The second-order valence-corrected chi connectivity index (χ2v) is 4.55. The van der Waals surface area contributed by atoms with Gasteiger partial charge in [0.25, 0.3) is 0 Å². The normalized spacial score (nSPS) is 12.5. The van der Waals surface area contributed by atoms with Crippen LogP contribution in [0.2, 0.25) is 0 Å². The number of hydrogen-bond donors (Lipinski definition) is 2. The van der Waals surface area contributed by atoms with Gasteiger partial charge >= 0.3 is 0 Å². The van der Waals surface area contributed by atoms with E-state index >= 15 is 0 Å². The van der Waals surface area contributed by atoms with Gasteiger partial charge < -0.3 is 11.1 Å². The molecule has 2 heteroatoms. The topological polar surface area (TPSA) is 38.0 Å². The van der Waals surface area contributed by atoms with Gasteiger partial charge in [0.1, 0.15) is 0 Å². The minimum absolute atomic E-state index is 0.403. The summed E-state index contributed by atoms with van der Waals surface area (Å²) >= 11 is 0. The summed E-state index contributed by atoms with van der Waals surface area (Å²) < 4.78 is 0. The van der Waals surface area contributed by atoms with Crippen LogP contribution in [-0.2, 0) is 0 Å². The van der Waals surface area contributed by atoms with E-state index in [1.165, 1.54) is 11.1 Å². The van der Waals surface area contributed by atoms with Gasteiger partial charge in [-0.1, -0.05) is 31.6 Å². The van der Waals surface area contributed by atoms with Gasteiger partial charge in [-0.2, -0.15) is 0 Å². The molecule has 2 nitrogen and oxygen atoms in total. The van der Waals surface area contributed by atoms with Crippen LogP contribution in [0.4, 0.5) is 0 Å². The van der Waals surface area contributed by atoms with Crippen LogP contribution in [-0.4, -0.2) is 13.6 Å². The van der Waals surface area contributed by atoms with Crippen LogP contribution in [0.5, 0.6) is 0 Å². The van der Waals surface area contributed by atoms with Crippen LogP contribution in [0.3, 0.4) is 0 Å². The van der Waals surface area contributed by atoms with E-state index in [1.54, 1.807) is 0 Å². The molecule has 0 heterocycles. The zero-order valence-electron chi connectivity index (χ0n) is 11.3. The third-order valence-electron chi connectivity index (χ3n) is 2.42. The molecule has 0 saturated heterocycles. The lowest BCUT2D eigenvalue weighted by Crippen LogP contribution is -2.06. The van der Waals surface area contributed by atoms with Gasteiger partial charge in [-0.25, -0.2) is 0 Å². The molecule has 0 aromatic heterocycles. The van der Waals surface area contributed by atoms with Crippen molar-refractivity contribution in [2.75, 3.05) is 13.6 Å². The zero-order valence-corrected chi connectivity index (χ0v) is 11.3. The first-order valence-corrected chi connectivity index (χ1v) is 5.94. The highest BCUT2D eigenvalue weighted by Crippen LogP contribution is 2.12. The van der Waals surface area contributed by atoms with Crippen molar-refractivity contribution in [1.29, 1.82) is 0 Å². The molecule has 92 valence electrons. The maximum atomic E-state index is 5.97. The number of nitrogens with two attached hydrogens (primary N) is 1. The Labute approximate surface area is 100 Å². The molecule has 0 fully saturated rings. The van der Waals surface area contributed by atoms with E-state index in [-0.39, 0.29) is 0 Å². The van der Waals surface area contributed by atoms with Gasteiger partial charge in [0.2, 0.25) is 0 Å². The molecule has 0 atom stereocenters. The average Bonchev–Trinajstić information content (AvgIpc) is 2.21.